The van der Waals surface area contributed by atoms with Crippen molar-refractivity contribution in [1.29, 1.82) is 0 Å². The van der Waals surface area contributed by atoms with E-state index >= 15 is 0 Å². The van der Waals surface area contributed by atoms with Crippen LogP contribution in [-0.4, -0.2) is 55.5 Å². The molecule has 4 rings (SSSR count). The third-order valence-electron chi connectivity index (χ3n) is 6.45. The summed E-state index contributed by atoms with van der Waals surface area (Å²) in [6.07, 6.45) is 1.44. The van der Waals surface area contributed by atoms with Gasteiger partial charge in [0.05, 0.1) is 6.42 Å². The summed E-state index contributed by atoms with van der Waals surface area (Å²) >= 11 is 0. The monoisotopic (exact) mass is 391 g/mol. The zero-order chi connectivity index (χ0) is 20.4. The Morgan fingerprint density at radius 3 is 2.38 bits per heavy atom. The lowest BCUT2D eigenvalue weighted by atomic mass is 9.96. The van der Waals surface area contributed by atoms with Gasteiger partial charge >= 0.3 is 0 Å². The van der Waals surface area contributed by atoms with Crippen molar-refractivity contribution in [3.05, 3.63) is 64.7 Å². The van der Waals surface area contributed by atoms with Crippen molar-refractivity contribution >= 4 is 11.6 Å². The van der Waals surface area contributed by atoms with Gasteiger partial charge in [0.25, 0.3) is 0 Å². The molecule has 0 bridgehead atoms. The summed E-state index contributed by atoms with van der Waals surface area (Å²) in [4.78, 5) is 20.0. The average molecular weight is 392 g/mol. The van der Waals surface area contributed by atoms with Crippen molar-refractivity contribution in [2.45, 2.75) is 39.2 Å². The molecule has 4 heteroatoms. The van der Waals surface area contributed by atoms with Gasteiger partial charge in [0.1, 0.15) is 0 Å². The molecular weight excluding hydrogens is 358 g/mol. The zero-order valence-electron chi connectivity index (χ0n) is 18.0. The minimum Gasteiger partial charge on any atom is -0.369 e. The van der Waals surface area contributed by atoms with Crippen LogP contribution in [0.2, 0.25) is 0 Å². The number of carbonyl (C=O) groups excluding carboxylic acids is 1. The van der Waals surface area contributed by atoms with E-state index in [1.165, 1.54) is 22.4 Å². The van der Waals surface area contributed by atoms with Crippen molar-refractivity contribution in [3.63, 3.8) is 0 Å². The largest absolute Gasteiger partial charge is 0.369 e. The summed E-state index contributed by atoms with van der Waals surface area (Å²) in [7, 11) is 2.19. The molecule has 4 nitrogen and oxygen atoms in total. The number of hydrogen-bond acceptors (Lipinski definition) is 3. The fraction of sp³-hybridized carbons (Fsp3) is 0.480. The molecule has 2 aromatic carbocycles. The van der Waals surface area contributed by atoms with Gasteiger partial charge in [-0.25, -0.2) is 0 Å². The number of nitrogens with zero attached hydrogens (tertiary/aromatic N) is 3. The molecule has 0 N–H and O–H groups in total. The first-order chi connectivity index (χ1) is 14.0. The van der Waals surface area contributed by atoms with Crippen LogP contribution in [0.15, 0.2) is 42.5 Å². The Morgan fingerprint density at radius 1 is 0.966 bits per heavy atom. The highest BCUT2D eigenvalue weighted by Gasteiger charge is 2.25. The summed E-state index contributed by atoms with van der Waals surface area (Å²) in [5, 5.41) is 0. The summed E-state index contributed by atoms with van der Waals surface area (Å²) in [5.41, 5.74) is 6.52. The van der Waals surface area contributed by atoms with Crippen LogP contribution < -0.4 is 4.90 Å². The van der Waals surface area contributed by atoms with Gasteiger partial charge < -0.3 is 14.7 Å². The van der Waals surface area contributed by atoms with Crippen LogP contribution in [0, 0.1) is 0 Å². The molecule has 29 heavy (non-hydrogen) atoms. The zero-order valence-corrected chi connectivity index (χ0v) is 18.0. The van der Waals surface area contributed by atoms with Gasteiger partial charge in [-0.15, -0.1) is 0 Å². The molecule has 1 saturated heterocycles. The molecule has 0 saturated carbocycles. The van der Waals surface area contributed by atoms with Gasteiger partial charge in [-0.05, 0) is 47.7 Å². The molecule has 2 aliphatic rings. The maximum Gasteiger partial charge on any atom is 0.227 e. The molecule has 0 aromatic heterocycles. The van der Waals surface area contributed by atoms with Gasteiger partial charge in [-0.1, -0.05) is 50.2 Å². The van der Waals surface area contributed by atoms with Gasteiger partial charge in [0.15, 0.2) is 0 Å². The maximum absolute atomic E-state index is 13.0. The molecule has 0 radical (unpaired) electrons. The molecule has 1 amide bonds. The van der Waals surface area contributed by atoms with Crippen LogP contribution in [-0.2, 0) is 24.2 Å². The molecule has 1 fully saturated rings. The van der Waals surface area contributed by atoms with E-state index in [9.17, 15) is 4.79 Å². The molecule has 2 heterocycles. The summed E-state index contributed by atoms with van der Waals surface area (Å²) in [5.74, 6) is 0.757. The predicted molar refractivity (Wildman–Crippen MR) is 120 cm³/mol. The number of amides is 1. The van der Waals surface area contributed by atoms with E-state index in [1.807, 2.05) is 0 Å². The third-order valence-corrected chi connectivity index (χ3v) is 6.45. The average Bonchev–Trinajstić information content (AvgIpc) is 2.74. The Hall–Kier alpha value is -2.33. The number of carbonyl (C=O) groups is 1. The highest BCUT2D eigenvalue weighted by Crippen LogP contribution is 2.30. The molecule has 2 aliphatic heterocycles. The number of benzene rings is 2. The van der Waals surface area contributed by atoms with Crippen LogP contribution >= 0.6 is 0 Å². The second kappa shape index (κ2) is 8.58. The second-order valence-corrected chi connectivity index (χ2v) is 8.84. The number of anilines is 1. The SMILES string of the molecule is CC(C)c1ccc(CC(=O)N2CCc3cccc(N4CCN(C)CC4)c3C2)cc1. The van der Waals surface area contributed by atoms with Crippen molar-refractivity contribution in [2.75, 3.05) is 44.7 Å². The minimum absolute atomic E-state index is 0.237. The normalized spacial score (nSPS) is 17.5. The quantitative estimate of drug-likeness (QED) is 0.795. The lowest BCUT2D eigenvalue weighted by Gasteiger charge is -2.38. The van der Waals surface area contributed by atoms with E-state index in [0.717, 1.165) is 51.3 Å². The summed E-state index contributed by atoms with van der Waals surface area (Å²) in [6, 6.07) is 15.2. The Bertz CT molecular complexity index is 851. The van der Waals surface area contributed by atoms with Gasteiger partial charge in [-0.2, -0.15) is 0 Å². The van der Waals surface area contributed by atoms with Crippen LogP contribution in [0.5, 0.6) is 0 Å². The number of rotatable bonds is 4. The van der Waals surface area contributed by atoms with Crippen LogP contribution in [0.1, 0.15) is 42.0 Å². The van der Waals surface area contributed by atoms with E-state index in [-0.39, 0.29) is 5.91 Å². The number of piperazine rings is 1. The summed E-state index contributed by atoms with van der Waals surface area (Å²) < 4.78 is 0. The smallest absolute Gasteiger partial charge is 0.227 e. The third kappa shape index (κ3) is 4.48. The van der Waals surface area contributed by atoms with E-state index in [0.29, 0.717) is 12.3 Å². The minimum atomic E-state index is 0.237. The first-order valence-corrected chi connectivity index (χ1v) is 10.9. The fourth-order valence-corrected chi connectivity index (χ4v) is 4.43. The maximum atomic E-state index is 13.0. The molecule has 0 atom stereocenters. The predicted octanol–water partition coefficient (Wildman–Crippen LogP) is 3.69. The highest BCUT2D eigenvalue weighted by molar-refractivity contribution is 5.79. The van der Waals surface area contributed by atoms with Gasteiger partial charge in [0, 0.05) is 45.0 Å². The first-order valence-electron chi connectivity index (χ1n) is 10.9. The first kappa shape index (κ1) is 20.0. The van der Waals surface area contributed by atoms with Crippen molar-refractivity contribution < 1.29 is 4.79 Å². The number of hydrogen-bond donors (Lipinski definition) is 0. The van der Waals surface area contributed by atoms with Crippen molar-refractivity contribution in [1.82, 2.24) is 9.80 Å². The summed E-state index contributed by atoms with van der Waals surface area (Å²) in [6.45, 7) is 10.3. The van der Waals surface area contributed by atoms with Crippen LogP contribution in [0.25, 0.3) is 0 Å². The Labute approximate surface area is 175 Å². The highest BCUT2D eigenvalue weighted by atomic mass is 16.2. The Balaban J connectivity index is 1.47. The number of fused-ring (bicyclic) bond motifs is 1. The van der Waals surface area contributed by atoms with Gasteiger partial charge in [0.2, 0.25) is 5.91 Å². The molecule has 0 aliphatic carbocycles. The lowest BCUT2D eigenvalue weighted by Crippen LogP contribution is -2.45. The van der Waals surface area contributed by atoms with Crippen molar-refractivity contribution in [3.8, 4) is 0 Å². The molecule has 2 aromatic rings. The van der Waals surface area contributed by atoms with E-state index in [1.54, 1.807) is 0 Å². The second-order valence-electron chi connectivity index (χ2n) is 8.84. The molecule has 0 unspecified atom stereocenters. The standard InChI is InChI=1S/C25H33N3O/c1-19(2)21-9-7-20(8-10-21)17-25(29)28-12-11-22-5-4-6-24(23(22)18-28)27-15-13-26(3)14-16-27/h4-10,19H,11-18H2,1-3H3. The van der Waals surface area contributed by atoms with Crippen LogP contribution in [0.4, 0.5) is 5.69 Å². The van der Waals surface area contributed by atoms with Gasteiger partial charge in [-0.3, -0.25) is 4.79 Å². The van der Waals surface area contributed by atoms with Crippen LogP contribution in [0.3, 0.4) is 0 Å². The fourth-order valence-electron chi connectivity index (χ4n) is 4.43. The number of likely N-dealkylation sites (N-methyl/N-ethyl adjacent to an activating group) is 1. The molecule has 0 spiro atoms. The topological polar surface area (TPSA) is 26.8 Å². The van der Waals surface area contributed by atoms with E-state index in [4.69, 9.17) is 0 Å². The lowest BCUT2D eigenvalue weighted by molar-refractivity contribution is -0.131. The Morgan fingerprint density at radius 2 is 1.69 bits per heavy atom. The molecular formula is C25H33N3O. The molecule has 154 valence electrons. The Kier molecular flexibility index (Phi) is 5.91. The van der Waals surface area contributed by atoms with Crippen molar-refractivity contribution in [2.24, 2.45) is 0 Å². The van der Waals surface area contributed by atoms with E-state index < -0.39 is 0 Å². The van der Waals surface area contributed by atoms with E-state index in [2.05, 4.69) is 78.1 Å².